The Labute approximate surface area is 262 Å². The molecule has 0 spiro atoms. The molecule has 0 saturated heterocycles. The molecule has 0 aliphatic heterocycles. The lowest BCUT2D eigenvalue weighted by atomic mass is 9.93. The molecule has 1 saturated carbocycles. The van der Waals surface area contributed by atoms with Gasteiger partial charge in [-0.05, 0) is 85.5 Å². The third-order valence-electron chi connectivity index (χ3n) is 7.81. The zero-order valence-electron chi connectivity index (χ0n) is 25.7. The Morgan fingerprint density at radius 1 is 1.16 bits per heavy atom. The molecule has 3 aromatic carbocycles. The number of aryl methyl sites for hydroxylation is 1. The van der Waals surface area contributed by atoms with Crippen molar-refractivity contribution in [3.63, 3.8) is 0 Å². The molecule has 0 radical (unpaired) electrons. The van der Waals surface area contributed by atoms with Gasteiger partial charge in [0.1, 0.15) is 12.3 Å². The van der Waals surface area contributed by atoms with Gasteiger partial charge in [0.05, 0.1) is 34.0 Å². The first-order valence-electron chi connectivity index (χ1n) is 14.7. The van der Waals surface area contributed by atoms with E-state index in [0.717, 1.165) is 23.0 Å². The number of aromatic nitrogens is 2. The standard InChI is InChI=1S/C32H36BN5O6S/c1-19-12-21(29(16-39)36-24-5-10-28-27(14-24)31(40)35-18-34-28)4-9-26(19)20(2)17-44-32(41)37-23-6-11-30(22(13-23)15-38(3)33)45(42,43)25-7-8-25/h4-6,9-14,16,18,20,25,29,36H,7-8,15,17,33H2,1-3H3,(H,37,41)(H,34,35,40)/t20-,29?/m0/s1. The Balaban J connectivity index is 1.22. The maximum Gasteiger partial charge on any atom is 0.411 e. The number of H-pyrrole nitrogens is 1. The number of nitrogens with zero attached hydrogens (tertiary/aromatic N) is 2. The first-order chi connectivity index (χ1) is 21.5. The Morgan fingerprint density at radius 2 is 1.91 bits per heavy atom. The van der Waals surface area contributed by atoms with Crippen molar-refractivity contribution in [1.29, 1.82) is 0 Å². The fourth-order valence-corrected chi connectivity index (χ4v) is 7.24. The number of aldehydes is 1. The van der Waals surface area contributed by atoms with Gasteiger partial charge in [-0.15, -0.1) is 0 Å². The predicted octanol–water partition coefficient (Wildman–Crippen LogP) is 3.85. The van der Waals surface area contributed by atoms with Gasteiger partial charge >= 0.3 is 6.09 Å². The lowest BCUT2D eigenvalue weighted by Crippen LogP contribution is -2.20. The molecule has 13 heteroatoms. The van der Waals surface area contributed by atoms with Gasteiger partial charge in [-0.1, -0.05) is 25.1 Å². The second-order valence-corrected chi connectivity index (χ2v) is 14.0. The first kappa shape index (κ1) is 31.9. The molecule has 1 heterocycles. The van der Waals surface area contributed by atoms with Gasteiger partial charge in [0.15, 0.2) is 17.8 Å². The lowest BCUT2D eigenvalue weighted by Gasteiger charge is -2.19. The first-order valence-corrected chi connectivity index (χ1v) is 16.3. The Hall–Kier alpha value is -4.49. The quantitative estimate of drug-likeness (QED) is 0.157. The second-order valence-electron chi connectivity index (χ2n) is 11.8. The number of hydrogen-bond donors (Lipinski definition) is 3. The number of amides is 1. The van der Waals surface area contributed by atoms with Crippen LogP contribution < -0.4 is 16.2 Å². The molecule has 3 N–H and O–H groups in total. The van der Waals surface area contributed by atoms with Crippen LogP contribution in [0.15, 0.2) is 70.6 Å². The van der Waals surface area contributed by atoms with E-state index in [1.54, 1.807) is 36.4 Å². The molecule has 1 fully saturated rings. The summed E-state index contributed by atoms with van der Waals surface area (Å²) in [5.41, 5.74) is 4.63. The Kier molecular flexibility index (Phi) is 9.40. The molecular formula is C32H36BN5O6S. The normalized spacial score (nSPS) is 14.6. The van der Waals surface area contributed by atoms with Gasteiger partial charge in [0, 0.05) is 23.8 Å². The number of carbonyl (C=O) groups excluding carboxylic acids is 2. The van der Waals surface area contributed by atoms with Gasteiger partial charge in [-0.3, -0.25) is 10.1 Å². The predicted molar refractivity (Wildman–Crippen MR) is 176 cm³/mol. The number of sulfone groups is 1. The summed E-state index contributed by atoms with van der Waals surface area (Å²) >= 11 is 0. The number of hydrogen-bond acceptors (Lipinski definition) is 9. The summed E-state index contributed by atoms with van der Waals surface area (Å²) in [7, 11) is 0.333. The van der Waals surface area contributed by atoms with Crippen LogP contribution >= 0.6 is 0 Å². The van der Waals surface area contributed by atoms with E-state index in [0.29, 0.717) is 52.1 Å². The molecule has 4 aromatic rings. The van der Waals surface area contributed by atoms with Gasteiger partial charge < -0.3 is 24.6 Å². The summed E-state index contributed by atoms with van der Waals surface area (Å²) < 4.78 is 31.4. The number of fused-ring (bicyclic) bond motifs is 1. The van der Waals surface area contributed by atoms with Crippen LogP contribution in [0, 0.1) is 6.92 Å². The Bertz CT molecular complexity index is 1910. The number of benzene rings is 3. The molecular weight excluding hydrogens is 593 g/mol. The van der Waals surface area contributed by atoms with Crippen LogP contribution in [0.1, 0.15) is 54.0 Å². The highest BCUT2D eigenvalue weighted by Gasteiger charge is 2.38. The SMILES string of the molecule is BN(C)Cc1cc(NC(=O)OC[C@H](C)c2ccc(C(C=O)Nc3ccc4nc[nH]c(=O)c4c3)cc2C)ccc1S(=O)(=O)C1CC1. The van der Waals surface area contributed by atoms with Gasteiger partial charge in [-0.25, -0.2) is 18.2 Å². The van der Waals surface area contributed by atoms with E-state index in [-0.39, 0.29) is 23.3 Å². The molecule has 5 rings (SSSR count). The Morgan fingerprint density at radius 3 is 2.60 bits per heavy atom. The topological polar surface area (TPSA) is 151 Å². The molecule has 234 valence electrons. The zero-order valence-corrected chi connectivity index (χ0v) is 26.5. The van der Waals surface area contributed by atoms with Crippen molar-refractivity contribution in [1.82, 2.24) is 14.8 Å². The number of carbonyl (C=O) groups is 2. The van der Waals surface area contributed by atoms with Crippen LogP contribution in [0.4, 0.5) is 16.2 Å². The maximum atomic E-state index is 12.9. The number of nitrogens with one attached hydrogen (secondary N) is 3. The van der Waals surface area contributed by atoms with E-state index < -0.39 is 22.0 Å². The van der Waals surface area contributed by atoms with Crippen LogP contribution in [0.25, 0.3) is 10.9 Å². The number of anilines is 2. The minimum Gasteiger partial charge on any atom is -0.449 e. The second kappa shape index (κ2) is 13.2. The fraction of sp³-hybridized carbons (Fsp3) is 0.312. The number of aromatic amines is 1. The van der Waals surface area contributed by atoms with Gasteiger partial charge in [0.2, 0.25) is 0 Å². The lowest BCUT2D eigenvalue weighted by molar-refractivity contribution is -0.108. The van der Waals surface area contributed by atoms with Crippen LogP contribution in [0.3, 0.4) is 0 Å². The van der Waals surface area contributed by atoms with E-state index in [1.165, 1.54) is 6.33 Å². The minimum atomic E-state index is -3.39. The largest absolute Gasteiger partial charge is 0.449 e. The van der Waals surface area contributed by atoms with Crippen molar-refractivity contribution in [3.05, 3.63) is 93.5 Å². The van der Waals surface area contributed by atoms with E-state index in [2.05, 4.69) is 20.6 Å². The van der Waals surface area contributed by atoms with Crippen molar-refractivity contribution in [3.8, 4) is 0 Å². The molecule has 1 aromatic heterocycles. The average molecular weight is 630 g/mol. The van der Waals surface area contributed by atoms with Crippen molar-refractivity contribution >= 4 is 52.5 Å². The van der Waals surface area contributed by atoms with E-state index in [4.69, 9.17) is 4.74 Å². The van der Waals surface area contributed by atoms with E-state index >= 15 is 0 Å². The summed E-state index contributed by atoms with van der Waals surface area (Å²) in [4.78, 5) is 45.8. The summed E-state index contributed by atoms with van der Waals surface area (Å²) in [6.07, 6.45) is 2.87. The third kappa shape index (κ3) is 7.43. The molecule has 11 nitrogen and oxygen atoms in total. The molecule has 45 heavy (non-hydrogen) atoms. The molecule has 1 unspecified atom stereocenters. The monoisotopic (exact) mass is 629 g/mol. The van der Waals surface area contributed by atoms with Crippen LogP contribution in [-0.2, 0) is 25.9 Å². The van der Waals surface area contributed by atoms with Gasteiger partial charge in [-0.2, -0.15) is 0 Å². The van der Waals surface area contributed by atoms with E-state index in [9.17, 15) is 22.8 Å². The molecule has 1 amide bonds. The van der Waals surface area contributed by atoms with Crippen LogP contribution in [-0.4, -0.2) is 62.5 Å². The maximum absolute atomic E-state index is 12.9. The van der Waals surface area contributed by atoms with Crippen LogP contribution in [0.2, 0.25) is 0 Å². The summed E-state index contributed by atoms with van der Waals surface area (Å²) in [6, 6.07) is 15.0. The number of ether oxygens (including phenoxy) is 1. The smallest absolute Gasteiger partial charge is 0.411 e. The van der Waals surface area contributed by atoms with Crippen molar-refractivity contribution < 1.29 is 22.7 Å². The zero-order chi connectivity index (χ0) is 32.3. The van der Waals surface area contributed by atoms with Gasteiger partial charge in [0.25, 0.3) is 5.56 Å². The van der Waals surface area contributed by atoms with E-state index in [1.807, 2.05) is 51.9 Å². The van der Waals surface area contributed by atoms with Crippen molar-refractivity contribution in [2.75, 3.05) is 24.3 Å². The highest BCUT2D eigenvalue weighted by molar-refractivity contribution is 7.92. The van der Waals surface area contributed by atoms with Crippen molar-refractivity contribution in [2.24, 2.45) is 0 Å². The van der Waals surface area contributed by atoms with Crippen molar-refractivity contribution in [2.45, 2.75) is 55.3 Å². The minimum absolute atomic E-state index is 0.111. The highest BCUT2D eigenvalue weighted by atomic mass is 32.2. The molecule has 1 aliphatic rings. The summed E-state index contributed by atoms with van der Waals surface area (Å²) in [5.74, 6) is -0.137. The van der Waals surface area contributed by atoms with Crippen LogP contribution in [0.5, 0.6) is 0 Å². The molecule has 1 aliphatic carbocycles. The molecule has 2 atom stereocenters. The fourth-order valence-electron chi connectivity index (χ4n) is 5.38. The molecule has 0 bridgehead atoms. The third-order valence-corrected chi connectivity index (χ3v) is 10.2. The summed E-state index contributed by atoms with van der Waals surface area (Å²) in [6.45, 7) is 4.40. The average Bonchev–Trinajstić information content (AvgIpc) is 3.85. The summed E-state index contributed by atoms with van der Waals surface area (Å²) in [5, 5.41) is 6.00. The highest BCUT2D eigenvalue weighted by Crippen LogP contribution is 2.36. The number of rotatable bonds is 12.